The molecule has 0 saturated carbocycles. The minimum absolute atomic E-state index is 0.999. The zero-order chi connectivity index (χ0) is 12.6. The molecule has 0 amide bonds. The molecule has 0 unspecified atom stereocenters. The zero-order valence-electron chi connectivity index (χ0n) is 10.4. The van der Waals surface area contributed by atoms with Gasteiger partial charge in [-0.2, -0.15) is 5.10 Å². The van der Waals surface area contributed by atoms with Crippen LogP contribution in [0.3, 0.4) is 0 Å². The lowest BCUT2D eigenvalue weighted by Crippen LogP contribution is -1.88. The summed E-state index contributed by atoms with van der Waals surface area (Å²) in [7, 11) is 0. The van der Waals surface area contributed by atoms with Gasteiger partial charge in [0.05, 0.1) is 5.69 Å². The predicted octanol–water partition coefficient (Wildman–Crippen LogP) is 4.11. The molecule has 18 heavy (non-hydrogen) atoms. The van der Waals surface area contributed by atoms with Crippen LogP contribution in [0, 0.1) is 6.92 Å². The van der Waals surface area contributed by atoms with Crippen LogP contribution in [-0.4, -0.2) is 6.21 Å². The highest BCUT2D eigenvalue weighted by atomic mass is 15.3. The molecule has 0 radical (unpaired) electrons. The number of rotatable bonds is 4. The normalized spacial score (nSPS) is 11.2. The van der Waals surface area contributed by atoms with Gasteiger partial charge in [0.25, 0.3) is 0 Å². The van der Waals surface area contributed by atoms with Gasteiger partial charge in [-0.25, -0.2) is 0 Å². The third-order valence-electron chi connectivity index (χ3n) is 2.46. The number of nitrogens with zero attached hydrogens (tertiary/aromatic N) is 1. The Morgan fingerprint density at radius 1 is 1.00 bits per heavy atom. The quantitative estimate of drug-likeness (QED) is 0.627. The van der Waals surface area contributed by atoms with Gasteiger partial charge in [-0.15, -0.1) is 0 Å². The van der Waals surface area contributed by atoms with Crippen molar-refractivity contribution in [2.24, 2.45) is 5.10 Å². The van der Waals surface area contributed by atoms with Crippen LogP contribution in [0.25, 0.3) is 6.08 Å². The van der Waals surface area contributed by atoms with Crippen LogP contribution in [0.1, 0.15) is 11.1 Å². The molecule has 2 nitrogen and oxygen atoms in total. The average molecular weight is 236 g/mol. The Morgan fingerprint density at radius 2 is 1.83 bits per heavy atom. The summed E-state index contributed by atoms with van der Waals surface area (Å²) >= 11 is 0. The van der Waals surface area contributed by atoms with E-state index in [9.17, 15) is 0 Å². The number of benzene rings is 2. The fraction of sp³-hybridized carbons (Fsp3) is 0.0625. The first-order valence-electron chi connectivity index (χ1n) is 5.92. The summed E-state index contributed by atoms with van der Waals surface area (Å²) in [4.78, 5) is 0. The molecule has 0 atom stereocenters. The first kappa shape index (κ1) is 12.1. The Morgan fingerprint density at radius 3 is 2.61 bits per heavy atom. The fourth-order valence-corrected chi connectivity index (χ4v) is 1.59. The third-order valence-corrected chi connectivity index (χ3v) is 2.46. The molecule has 2 aromatic carbocycles. The second kappa shape index (κ2) is 6.40. The van der Waals surface area contributed by atoms with Crippen molar-refractivity contribution in [2.75, 3.05) is 5.43 Å². The Hall–Kier alpha value is -2.35. The molecule has 0 saturated heterocycles. The Labute approximate surface area is 108 Å². The monoisotopic (exact) mass is 236 g/mol. The van der Waals surface area contributed by atoms with E-state index in [1.807, 2.05) is 42.5 Å². The molecular formula is C16H16N2. The highest BCUT2D eigenvalue weighted by molar-refractivity contribution is 5.78. The van der Waals surface area contributed by atoms with E-state index in [4.69, 9.17) is 0 Å². The van der Waals surface area contributed by atoms with Crippen molar-refractivity contribution < 1.29 is 0 Å². The number of allylic oxidation sites excluding steroid dienone is 1. The fourth-order valence-electron chi connectivity index (χ4n) is 1.59. The average Bonchev–Trinajstić information content (AvgIpc) is 2.40. The molecule has 0 aliphatic carbocycles. The molecule has 0 fully saturated rings. The summed E-state index contributed by atoms with van der Waals surface area (Å²) in [5, 5.41) is 4.14. The first-order chi connectivity index (χ1) is 8.84. The van der Waals surface area contributed by atoms with E-state index in [0.29, 0.717) is 0 Å². The van der Waals surface area contributed by atoms with Crippen molar-refractivity contribution in [1.29, 1.82) is 0 Å². The van der Waals surface area contributed by atoms with Crippen LogP contribution in [-0.2, 0) is 0 Å². The van der Waals surface area contributed by atoms with E-state index in [1.54, 1.807) is 6.21 Å². The van der Waals surface area contributed by atoms with Gasteiger partial charge in [-0.1, -0.05) is 48.5 Å². The van der Waals surface area contributed by atoms with Crippen LogP contribution in [0.5, 0.6) is 0 Å². The van der Waals surface area contributed by atoms with Crippen molar-refractivity contribution in [3.63, 3.8) is 0 Å². The van der Waals surface area contributed by atoms with Gasteiger partial charge in [0.1, 0.15) is 0 Å². The minimum Gasteiger partial charge on any atom is -0.279 e. The molecule has 2 heteroatoms. The summed E-state index contributed by atoms with van der Waals surface area (Å²) < 4.78 is 0. The summed E-state index contributed by atoms with van der Waals surface area (Å²) in [6, 6.07) is 18.3. The first-order valence-corrected chi connectivity index (χ1v) is 5.92. The lowest BCUT2D eigenvalue weighted by Gasteiger charge is -1.99. The predicted molar refractivity (Wildman–Crippen MR) is 78.8 cm³/mol. The topological polar surface area (TPSA) is 24.4 Å². The largest absolute Gasteiger partial charge is 0.279 e. The summed E-state index contributed by atoms with van der Waals surface area (Å²) in [5.74, 6) is 0. The maximum atomic E-state index is 4.14. The SMILES string of the molecule is Cc1cccc(N/N=C/C=C/c2ccccc2)c1. The van der Waals surface area contributed by atoms with Crippen molar-refractivity contribution in [2.45, 2.75) is 6.92 Å². The highest BCUT2D eigenvalue weighted by Crippen LogP contribution is 2.08. The third kappa shape index (κ3) is 3.91. The van der Waals surface area contributed by atoms with E-state index < -0.39 is 0 Å². The van der Waals surface area contributed by atoms with Crippen molar-refractivity contribution in [1.82, 2.24) is 0 Å². The molecule has 1 N–H and O–H groups in total. The van der Waals surface area contributed by atoms with Gasteiger partial charge in [-0.3, -0.25) is 5.43 Å². The standard InChI is InChI=1S/C16H16N2/c1-14-7-5-11-16(13-14)18-17-12-6-10-15-8-3-2-4-9-15/h2-13,18H,1H3/b10-6+,17-12+. The highest BCUT2D eigenvalue weighted by Gasteiger charge is 1.87. The molecule has 2 aromatic rings. The number of hydrogen-bond acceptors (Lipinski definition) is 2. The molecule has 0 spiro atoms. The van der Waals surface area contributed by atoms with Gasteiger partial charge in [0, 0.05) is 6.21 Å². The van der Waals surface area contributed by atoms with Crippen LogP contribution in [0.4, 0.5) is 5.69 Å². The van der Waals surface area contributed by atoms with E-state index in [0.717, 1.165) is 5.69 Å². The maximum Gasteiger partial charge on any atom is 0.0564 e. The molecule has 0 aliphatic rings. The summed E-state index contributed by atoms with van der Waals surface area (Å²) in [5.41, 5.74) is 6.37. The van der Waals surface area contributed by atoms with E-state index in [2.05, 4.69) is 41.7 Å². The van der Waals surface area contributed by atoms with Gasteiger partial charge in [-0.05, 0) is 36.3 Å². The summed E-state index contributed by atoms with van der Waals surface area (Å²) in [6.07, 6.45) is 5.68. The maximum absolute atomic E-state index is 4.14. The number of aryl methyl sites for hydroxylation is 1. The zero-order valence-corrected chi connectivity index (χ0v) is 10.4. The number of hydrazone groups is 1. The molecule has 0 heterocycles. The van der Waals surface area contributed by atoms with Crippen LogP contribution >= 0.6 is 0 Å². The van der Waals surface area contributed by atoms with Crippen molar-refractivity contribution in [3.05, 3.63) is 71.8 Å². The van der Waals surface area contributed by atoms with Gasteiger partial charge >= 0.3 is 0 Å². The van der Waals surface area contributed by atoms with Crippen molar-refractivity contribution in [3.8, 4) is 0 Å². The minimum atomic E-state index is 0.999. The van der Waals surface area contributed by atoms with E-state index in [-0.39, 0.29) is 0 Å². The van der Waals surface area contributed by atoms with Crippen molar-refractivity contribution >= 4 is 18.0 Å². The van der Waals surface area contributed by atoms with Gasteiger partial charge in [0.2, 0.25) is 0 Å². The molecule has 0 bridgehead atoms. The Kier molecular flexibility index (Phi) is 4.31. The molecule has 0 aromatic heterocycles. The van der Waals surface area contributed by atoms with Crippen LogP contribution < -0.4 is 5.43 Å². The van der Waals surface area contributed by atoms with E-state index in [1.165, 1.54) is 11.1 Å². The number of anilines is 1. The second-order valence-electron chi connectivity index (χ2n) is 4.03. The number of hydrogen-bond donors (Lipinski definition) is 1. The smallest absolute Gasteiger partial charge is 0.0564 e. The molecular weight excluding hydrogens is 220 g/mol. The molecule has 2 rings (SSSR count). The lowest BCUT2D eigenvalue weighted by molar-refractivity contribution is 1.34. The Balaban J connectivity index is 1.87. The molecule has 0 aliphatic heterocycles. The van der Waals surface area contributed by atoms with Gasteiger partial charge < -0.3 is 0 Å². The Bertz CT molecular complexity index is 542. The lowest BCUT2D eigenvalue weighted by atomic mass is 10.2. The molecule has 90 valence electrons. The number of nitrogens with one attached hydrogen (secondary N) is 1. The second-order valence-corrected chi connectivity index (χ2v) is 4.03. The van der Waals surface area contributed by atoms with Gasteiger partial charge in [0.15, 0.2) is 0 Å². The van der Waals surface area contributed by atoms with Crippen LogP contribution in [0.15, 0.2) is 65.8 Å². The van der Waals surface area contributed by atoms with E-state index >= 15 is 0 Å². The summed E-state index contributed by atoms with van der Waals surface area (Å²) in [6.45, 7) is 2.06. The van der Waals surface area contributed by atoms with Crippen LogP contribution in [0.2, 0.25) is 0 Å².